The van der Waals surface area contributed by atoms with Gasteiger partial charge in [-0.2, -0.15) is 0 Å². The zero-order valence-corrected chi connectivity index (χ0v) is 25.4. The van der Waals surface area contributed by atoms with Gasteiger partial charge in [0.15, 0.2) is 5.17 Å². The third kappa shape index (κ3) is 6.31. The van der Waals surface area contributed by atoms with Crippen LogP contribution in [0.5, 0.6) is 0 Å². The van der Waals surface area contributed by atoms with E-state index in [0.717, 1.165) is 46.0 Å². The van der Waals surface area contributed by atoms with Crippen molar-refractivity contribution >= 4 is 34.8 Å². The van der Waals surface area contributed by atoms with Crippen molar-refractivity contribution in [3.63, 3.8) is 0 Å². The Balaban J connectivity index is 1.43. The second-order valence-corrected chi connectivity index (χ2v) is 11.8. The van der Waals surface area contributed by atoms with Crippen molar-refractivity contribution in [3.8, 4) is 0 Å². The maximum Gasteiger partial charge on any atom is 0.338 e. The number of hydrogen-bond acceptors (Lipinski definition) is 8. The summed E-state index contributed by atoms with van der Waals surface area (Å²) in [5, 5.41) is 2.68. The Morgan fingerprint density at radius 3 is 2.60 bits per heavy atom. The molecule has 5 rings (SSSR count). The number of ether oxygens (including phenoxy) is 2. The first-order valence-corrected chi connectivity index (χ1v) is 15.3. The molecule has 3 aliphatic heterocycles. The van der Waals surface area contributed by atoms with Crippen molar-refractivity contribution in [3.05, 3.63) is 93.2 Å². The van der Waals surface area contributed by atoms with Crippen molar-refractivity contribution in [1.82, 2.24) is 9.80 Å². The molecule has 0 radical (unpaired) electrons. The van der Waals surface area contributed by atoms with E-state index < -0.39 is 12.0 Å². The SMILES string of the molecule is CCOC(=O)[C@H]1CCCN(C(=O)CC2=CSC3=NC(C)=C(C(=O)OCc4ccccc4)[C@H](c4cc(C)ccc4C)N23)C1. The number of likely N-dealkylation sites (tertiary alicyclic amines) is 1. The number of rotatable bonds is 8. The van der Waals surface area contributed by atoms with Crippen LogP contribution < -0.4 is 0 Å². The van der Waals surface area contributed by atoms with Crippen LogP contribution in [-0.2, 0) is 30.5 Å². The van der Waals surface area contributed by atoms with Crippen LogP contribution in [0.15, 0.2) is 75.9 Å². The van der Waals surface area contributed by atoms with Gasteiger partial charge in [0, 0.05) is 18.8 Å². The summed E-state index contributed by atoms with van der Waals surface area (Å²) in [6, 6.07) is 15.3. The summed E-state index contributed by atoms with van der Waals surface area (Å²) in [7, 11) is 0. The summed E-state index contributed by atoms with van der Waals surface area (Å²) in [5.74, 6) is -1.04. The number of aliphatic imine (C=N–C) groups is 1. The van der Waals surface area contributed by atoms with E-state index in [1.165, 1.54) is 11.8 Å². The summed E-state index contributed by atoms with van der Waals surface area (Å²) in [5.41, 5.74) is 5.81. The van der Waals surface area contributed by atoms with Crippen LogP contribution in [0.3, 0.4) is 0 Å². The van der Waals surface area contributed by atoms with Crippen LogP contribution >= 0.6 is 11.8 Å². The Bertz CT molecular complexity index is 1470. The minimum atomic E-state index is -0.497. The number of fused-ring (bicyclic) bond motifs is 1. The molecule has 3 heterocycles. The second-order valence-electron chi connectivity index (χ2n) is 10.9. The number of carbonyl (C=O) groups is 3. The monoisotopic (exact) mass is 587 g/mol. The summed E-state index contributed by atoms with van der Waals surface area (Å²) >= 11 is 1.45. The average Bonchev–Trinajstić information content (AvgIpc) is 3.38. The van der Waals surface area contributed by atoms with Gasteiger partial charge in [-0.25, -0.2) is 9.79 Å². The highest BCUT2D eigenvalue weighted by atomic mass is 32.2. The number of piperidine rings is 1. The highest BCUT2D eigenvalue weighted by Gasteiger charge is 2.42. The van der Waals surface area contributed by atoms with Crippen LogP contribution in [0.25, 0.3) is 0 Å². The Morgan fingerprint density at radius 2 is 1.83 bits per heavy atom. The first-order chi connectivity index (χ1) is 20.3. The van der Waals surface area contributed by atoms with Gasteiger partial charge in [0.25, 0.3) is 0 Å². The zero-order chi connectivity index (χ0) is 29.8. The molecule has 1 fully saturated rings. The summed E-state index contributed by atoms with van der Waals surface area (Å²) < 4.78 is 11.1. The van der Waals surface area contributed by atoms with E-state index in [1.807, 2.05) is 61.4 Å². The molecule has 8 nitrogen and oxygen atoms in total. The van der Waals surface area contributed by atoms with Gasteiger partial charge >= 0.3 is 11.9 Å². The van der Waals surface area contributed by atoms with Gasteiger partial charge in [-0.1, -0.05) is 65.9 Å². The summed E-state index contributed by atoms with van der Waals surface area (Å²) in [6.45, 7) is 9.13. The molecule has 2 atom stereocenters. The van der Waals surface area contributed by atoms with Crippen molar-refractivity contribution in [1.29, 1.82) is 0 Å². The number of nitrogens with zero attached hydrogens (tertiary/aromatic N) is 3. The lowest BCUT2D eigenvalue weighted by molar-refractivity contribution is -0.151. The van der Waals surface area contributed by atoms with E-state index in [1.54, 1.807) is 11.8 Å². The van der Waals surface area contributed by atoms with Crippen molar-refractivity contribution in [2.75, 3.05) is 19.7 Å². The predicted molar refractivity (Wildman–Crippen MR) is 163 cm³/mol. The lowest BCUT2D eigenvalue weighted by Crippen LogP contribution is -2.44. The summed E-state index contributed by atoms with van der Waals surface area (Å²) in [4.78, 5) is 48.3. The Labute approximate surface area is 251 Å². The molecule has 0 aromatic heterocycles. The quantitative estimate of drug-likeness (QED) is 0.360. The van der Waals surface area contributed by atoms with E-state index >= 15 is 0 Å². The molecule has 220 valence electrons. The maximum absolute atomic E-state index is 13.8. The first kappa shape index (κ1) is 29.6. The van der Waals surface area contributed by atoms with E-state index in [9.17, 15) is 14.4 Å². The maximum atomic E-state index is 13.8. The molecule has 1 amide bonds. The number of amidine groups is 1. The number of amides is 1. The second kappa shape index (κ2) is 13.0. The predicted octanol–water partition coefficient (Wildman–Crippen LogP) is 5.81. The largest absolute Gasteiger partial charge is 0.466 e. The lowest BCUT2D eigenvalue weighted by atomic mass is 9.90. The highest BCUT2D eigenvalue weighted by Crippen LogP contribution is 2.46. The molecular formula is C33H37N3O5S. The highest BCUT2D eigenvalue weighted by molar-refractivity contribution is 8.16. The fraction of sp³-hybridized carbons (Fsp3) is 0.394. The Morgan fingerprint density at radius 1 is 1.05 bits per heavy atom. The van der Waals surface area contributed by atoms with Crippen LogP contribution in [0.2, 0.25) is 0 Å². The molecule has 0 spiro atoms. The van der Waals surface area contributed by atoms with Crippen molar-refractivity contribution in [2.24, 2.45) is 10.9 Å². The average molecular weight is 588 g/mol. The third-order valence-electron chi connectivity index (χ3n) is 7.89. The molecule has 3 aliphatic rings. The van der Waals surface area contributed by atoms with Gasteiger partial charge in [0.05, 0.1) is 36.3 Å². The third-order valence-corrected chi connectivity index (χ3v) is 8.78. The Kier molecular flexibility index (Phi) is 9.16. The number of esters is 2. The molecular weight excluding hydrogens is 550 g/mol. The number of carbonyl (C=O) groups excluding carboxylic acids is 3. The topological polar surface area (TPSA) is 88.5 Å². The number of hydrogen-bond donors (Lipinski definition) is 0. The van der Waals surface area contributed by atoms with Crippen LogP contribution in [-0.4, -0.2) is 52.5 Å². The van der Waals surface area contributed by atoms with Crippen LogP contribution in [0, 0.1) is 19.8 Å². The first-order valence-electron chi connectivity index (χ1n) is 14.4. The minimum Gasteiger partial charge on any atom is -0.466 e. The zero-order valence-electron chi connectivity index (χ0n) is 24.6. The minimum absolute atomic E-state index is 0.0590. The molecule has 42 heavy (non-hydrogen) atoms. The molecule has 2 aromatic carbocycles. The van der Waals surface area contributed by atoms with Gasteiger partial charge in [-0.05, 0) is 62.6 Å². The van der Waals surface area contributed by atoms with Crippen molar-refractivity contribution in [2.45, 2.75) is 59.6 Å². The Hall–Kier alpha value is -3.85. The molecule has 9 heteroatoms. The van der Waals surface area contributed by atoms with Crippen LogP contribution in [0.4, 0.5) is 0 Å². The molecule has 0 bridgehead atoms. The van der Waals surface area contributed by atoms with E-state index in [4.69, 9.17) is 14.5 Å². The molecule has 2 aromatic rings. The molecule has 0 saturated carbocycles. The smallest absolute Gasteiger partial charge is 0.338 e. The number of aryl methyl sites for hydroxylation is 2. The van der Waals surface area contributed by atoms with Crippen LogP contribution in [0.1, 0.15) is 61.4 Å². The van der Waals surface area contributed by atoms with E-state index in [-0.39, 0.29) is 30.8 Å². The molecule has 0 aliphatic carbocycles. The fourth-order valence-corrected chi connectivity index (χ4v) is 6.67. The number of thioether (sulfide) groups is 1. The number of allylic oxidation sites excluding steroid dienone is 1. The van der Waals surface area contributed by atoms with Gasteiger partial charge < -0.3 is 19.3 Å². The lowest BCUT2D eigenvalue weighted by Gasteiger charge is -2.38. The summed E-state index contributed by atoms with van der Waals surface area (Å²) in [6.07, 6.45) is 1.61. The number of benzene rings is 2. The standard InChI is InChI=1S/C33H37N3O5S/c1-5-40-31(38)25-12-9-15-35(18-25)28(37)17-26-20-42-33-34-23(4)29(32(39)41-19-24-10-7-6-8-11-24)30(36(26)33)27-16-21(2)13-14-22(27)3/h6-8,10-11,13-14,16,20,25,30H,5,9,12,15,17-19H2,1-4H3/t25-,30-/m0/s1. The van der Waals surface area contributed by atoms with E-state index in [0.29, 0.717) is 31.0 Å². The fourth-order valence-electron chi connectivity index (χ4n) is 5.70. The molecule has 1 saturated heterocycles. The molecule has 0 N–H and O–H groups in total. The van der Waals surface area contributed by atoms with E-state index in [2.05, 4.69) is 18.2 Å². The van der Waals surface area contributed by atoms with Crippen molar-refractivity contribution < 1.29 is 23.9 Å². The normalized spacial score (nSPS) is 20.1. The van der Waals surface area contributed by atoms with Gasteiger partial charge in [-0.3, -0.25) is 9.59 Å². The van der Waals surface area contributed by atoms with Gasteiger partial charge in [-0.15, -0.1) is 0 Å². The van der Waals surface area contributed by atoms with Gasteiger partial charge in [0.2, 0.25) is 5.91 Å². The molecule has 0 unspecified atom stereocenters. The van der Waals surface area contributed by atoms with Gasteiger partial charge in [0.1, 0.15) is 6.61 Å².